The summed E-state index contributed by atoms with van der Waals surface area (Å²) in [7, 11) is 0. The Hall–Kier alpha value is -3.81. The standard InChI is InChI=1S/C30H38N6OS.C2HF3O2/c31-16-5-4-8-25-21-36(35-34-25)27-11-12-28(29(20-27)37-19-15-24-13-17-32-18-14-24)30-33-26(22-38-30)10-9-23-6-2-1-3-7-23;3-2(4,5)1(6)7/h1-3,6-7,11-12,20-22,24,32H,4-5,8-10,13-19,31H2;(H,6,7). The van der Waals surface area contributed by atoms with Gasteiger partial charge in [0.05, 0.1) is 35.4 Å². The highest BCUT2D eigenvalue weighted by Crippen LogP contribution is 2.35. The van der Waals surface area contributed by atoms with E-state index in [1.807, 2.05) is 10.9 Å². The first kappa shape index (κ1) is 34.1. The number of unbranched alkanes of at least 4 members (excludes halogenated alkanes) is 1. The molecule has 1 aliphatic heterocycles. The van der Waals surface area contributed by atoms with Crippen LogP contribution in [0.1, 0.15) is 49.1 Å². The van der Waals surface area contributed by atoms with E-state index in [9.17, 15) is 13.2 Å². The lowest BCUT2D eigenvalue weighted by Gasteiger charge is -2.22. The molecule has 9 nitrogen and oxygen atoms in total. The summed E-state index contributed by atoms with van der Waals surface area (Å²) in [4.78, 5) is 13.9. The number of aromatic nitrogens is 4. The average Bonchev–Trinajstić information content (AvgIpc) is 3.71. The number of nitrogens with one attached hydrogen (secondary N) is 1. The molecule has 3 heterocycles. The minimum absolute atomic E-state index is 0.703. The van der Waals surface area contributed by atoms with Crippen LogP contribution in [0.3, 0.4) is 0 Å². The Labute approximate surface area is 264 Å². The van der Waals surface area contributed by atoms with Crippen LogP contribution >= 0.6 is 11.3 Å². The van der Waals surface area contributed by atoms with Gasteiger partial charge in [0.1, 0.15) is 10.8 Å². The number of hydrogen-bond donors (Lipinski definition) is 3. The van der Waals surface area contributed by atoms with Crippen LogP contribution in [-0.4, -0.2) is 63.5 Å². The quantitative estimate of drug-likeness (QED) is 0.155. The van der Waals surface area contributed by atoms with Gasteiger partial charge in [-0.05, 0) is 94.6 Å². The SMILES string of the molecule is NCCCCc1cn(-c2ccc(-c3nc(CCc4ccccc4)cs3)c(OCCC3CCNCC3)c2)nn1.O=C(O)C(F)(F)F. The second kappa shape index (κ2) is 17.0. The third kappa shape index (κ3) is 10.9. The summed E-state index contributed by atoms with van der Waals surface area (Å²) in [5.41, 5.74) is 11.1. The van der Waals surface area contributed by atoms with Crippen LogP contribution in [0.25, 0.3) is 16.3 Å². The van der Waals surface area contributed by atoms with Gasteiger partial charge in [0.15, 0.2) is 0 Å². The second-order valence-corrected chi connectivity index (χ2v) is 11.7. The van der Waals surface area contributed by atoms with Gasteiger partial charge in [-0.1, -0.05) is 35.5 Å². The fourth-order valence-corrected chi connectivity index (χ4v) is 5.79. The summed E-state index contributed by atoms with van der Waals surface area (Å²) >= 11 is 1.69. The number of carbonyl (C=O) groups is 1. The fourth-order valence-electron chi connectivity index (χ4n) is 4.91. The highest BCUT2D eigenvalue weighted by Gasteiger charge is 2.38. The first-order valence-electron chi connectivity index (χ1n) is 15.1. The molecule has 0 amide bonds. The molecular weight excluding hydrogens is 605 g/mol. The number of aryl methyl sites for hydroxylation is 3. The van der Waals surface area contributed by atoms with Crippen molar-refractivity contribution in [2.24, 2.45) is 11.7 Å². The molecule has 0 bridgehead atoms. The minimum atomic E-state index is -5.08. The third-order valence-corrected chi connectivity index (χ3v) is 8.36. The summed E-state index contributed by atoms with van der Waals surface area (Å²) in [6.45, 7) is 3.62. The molecule has 0 radical (unpaired) electrons. The summed E-state index contributed by atoms with van der Waals surface area (Å²) in [5, 5.41) is 22.5. The number of nitrogens with zero attached hydrogens (tertiary/aromatic N) is 4. The molecular formula is C32H39F3N6O3S. The van der Waals surface area contributed by atoms with Crippen molar-refractivity contribution < 1.29 is 27.8 Å². The number of halogens is 3. The number of alkyl halides is 3. The maximum Gasteiger partial charge on any atom is 0.490 e. The molecule has 1 fully saturated rings. The van der Waals surface area contributed by atoms with Crippen LogP contribution in [0, 0.1) is 5.92 Å². The first-order chi connectivity index (χ1) is 21.7. The van der Waals surface area contributed by atoms with E-state index >= 15 is 0 Å². The van der Waals surface area contributed by atoms with Gasteiger partial charge in [0.2, 0.25) is 0 Å². The molecule has 4 N–H and O–H groups in total. The Balaban J connectivity index is 0.000000591. The monoisotopic (exact) mass is 644 g/mol. The van der Waals surface area contributed by atoms with E-state index in [-0.39, 0.29) is 0 Å². The lowest BCUT2D eigenvalue weighted by molar-refractivity contribution is -0.192. The molecule has 5 rings (SSSR count). The zero-order valence-corrected chi connectivity index (χ0v) is 25.8. The van der Waals surface area contributed by atoms with Gasteiger partial charge in [-0.2, -0.15) is 13.2 Å². The topological polar surface area (TPSA) is 128 Å². The minimum Gasteiger partial charge on any atom is -0.493 e. The van der Waals surface area contributed by atoms with E-state index in [0.717, 1.165) is 90.9 Å². The number of hydrogen-bond acceptors (Lipinski definition) is 8. The molecule has 0 saturated carbocycles. The van der Waals surface area contributed by atoms with Crippen molar-refractivity contribution in [2.45, 2.75) is 57.5 Å². The molecule has 4 aromatic rings. The van der Waals surface area contributed by atoms with Gasteiger partial charge in [-0.25, -0.2) is 14.5 Å². The van der Waals surface area contributed by atoms with Crippen molar-refractivity contribution in [1.82, 2.24) is 25.3 Å². The number of carboxylic acid groups (broad SMARTS) is 1. The van der Waals surface area contributed by atoms with Crippen LogP contribution in [0.4, 0.5) is 13.2 Å². The summed E-state index contributed by atoms with van der Waals surface area (Å²) in [6.07, 6.45) is 5.26. The number of carboxylic acids is 1. The Bertz CT molecular complexity index is 1470. The summed E-state index contributed by atoms with van der Waals surface area (Å²) in [5.74, 6) is -1.17. The van der Waals surface area contributed by atoms with Crippen molar-refractivity contribution >= 4 is 17.3 Å². The van der Waals surface area contributed by atoms with Crippen LogP contribution in [-0.2, 0) is 24.1 Å². The van der Waals surface area contributed by atoms with Crippen LogP contribution in [0.2, 0.25) is 0 Å². The van der Waals surface area contributed by atoms with Gasteiger partial charge in [0.25, 0.3) is 0 Å². The lowest BCUT2D eigenvalue weighted by Crippen LogP contribution is -2.28. The summed E-state index contributed by atoms with van der Waals surface area (Å²) in [6, 6.07) is 16.9. The smallest absolute Gasteiger partial charge is 0.490 e. The maximum atomic E-state index is 10.6. The zero-order valence-electron chi connectivity index (χ0n) is 25.0. The number of ether oxygens (including phenoxy) is 1. The van der Waals surface area contributed by atoms with E-state index < -0.39 is 12.1 Å². The molecule has 242 valence electrons. The van der Waals surface area contributed by atoms with Crippen molar-refractivity contribution in [3.63, 3.8) is 0 Å². The molecule has 1 aliphatic rings. The first-order valence-corrected chi connectivity index (χ1v) is 16.0. The van der Waals surface area contributed by atoms with E-state index in [2.05, 4.69) is 69.5 Å². The number of rotatable bonds is 13. The molecule has 0 atom stereocenters. The number of aliphatic carboxylic acids is 1. The van der Waals surface area contributed by atoms with E-state index in [4.69, 9.17) is 25.4 Å². The Morgan fingerprint density at radius 1 is 1.07 bits per heavy atom. The van der Waals surface area contributed by atoms with Gasteiger partial charge in [-0.3, -0.25) is 0 Å². The lowest BCUT2D eigenvalue weighted by atomic mass is 9.95. The predicted octanol–water partition coefficient (Wildman–Crippen LogP) is 5.86. The van der Waals surface area contributed by atoms with Crippen molar-refractivity contribution in [3.8, 4) is 22.0 Å². The van der Waals surface area contributed by atoms with Crippen LogP contribution in [0.5, 0.6) is 5.75 Å². The summed E-state index contributed by atoms with van der Waals surface area (Å²) < 4.78 is 40.0. The van der Waals surface area contributed by atoms with Crippen molar-refractivity contribution in [1.29, 1.82) is 0 Å². The highest BCUT2D eigenvalue weighted by atomic mass is 32.1. The third-order valence-electron chi connectivity index (χ3n) is 7.44. The van der Waals surface area contributed by atoms with Gasteiger partial charge >= 0.3 is 12.1 Å². The number of benzene rings is 2. The Kier molecular flexibility index (Phi) is 12.9. The largest absolute Gasteiger partial charge is 0.493 e. The van der Waals surface area contributed by atoms with Crippen LogP contribution in [0.15, 0.2) is 60.1 Å². The van der Waals surface area contributed by atoms with E-state index in [1.54, 1.807) is 11.3 Å². The molecule has 0 unspecified atom stereocenters. The number of piperidine rings is 1. The Morgan fingerprint density at radius 2 is 1.82 bits per heavy atom. The molecule has 2 aromatic carbocycles. The molecule has 45 heavy (non-hydrogen) atoms. The predicted molar refractivity (Wildman–Crippen MR) is 168 cm³/mol. The highest BCUT2D eigenvalue weighted by molar-refractivity contribution is 7.13. The van der Waals surface area contributed by atoms with E-state index in [1.165, 1.54) is 18.4 Å². The second-order valence-electron chi connectivity index (χ2n) is 10.8. The number of nitrogens with two attached hydrogens (primary N) is 1. The normalized spacial score (nSPS) is 13.7. The van der Waals surface area contributed by atoms with Gasteiger partial charge in [-0.15, -0.1) is 16.4 Å². The van der Waals surface area contributed by atoms with E-state index in [0.29, 0.717) is 13.2 Å². The van der Waals surface area contributed by atoms with Crippen molar-refractivity contribution in [3.05, 3.63) is 77.1 Å². The maximum absolute atomic E-state index is 10.6. The molecule has 0 spiro atoms. The average molecular weight is 645 g/mol. The van der Waals surface area contributed by atoms with Gasteiger partial charge in [0, 0.05) is 11.4 Å². The molecule has 2 aromatic heterocycles. The number of thiazole rings is 1. The Morgan fingerprint density at radius 3 is 2.53 bits per heavy atom. The van der Waals surface area contributed by atoms with Crippen LogP contribution < -0.4 is 15.8 Å². The fraction of sp³-hybridized carbons (Fsp3) is 0.438. The van der Waals surface area contributed by atoms with Gasteiger partial charge < -0.3 is 20.9 Å². The molecule has 13 heteroatoms. The zero-order chi connectivity index (χ0) is 32.1. The molecule has 0 aliphatic carbocycles. The van der Waals surface area contributed by atoms with Crippen molar-refractivity contribution in [2.75, 3.05) is 26.2 Å². The molecule has 1 saturated heterocycles.